The largest absolute Gasteiger partial charge is 0.302 e. The number of nitrogens with zero attached hydrogens (tertiary/aromatic N) is 4. The molecule has 0 fully saturated rings. The number of hydrogen-bond donors (Lipinski definition) is 1. The van der Waals surface area contributed by atoms with E-state index in [9.17, 15) is 4.79 Å². The van der Waals surface area contributed by atoms with Crippen molar-refractivity contribution in [1.29, 1.82) is 0 Å². The Morgan fingerprint density at radius 3 is 2.57 bits per heavy atom. The molecule has 2 aromatic heterocycles. The molecule has 4 aromatic rings. The number of anilines is 1. The first-order valence-electron chi connectivity index (χ1n) is 9.58. The molecule has 0 unspecified atom stereocenters. The molecule has 30 heavy (non-hydrogen) atoms. The smallest absolute Gasteiger partial charge is 0.236 e. The van der Waals surface area contributed by atoms with Crippen LogP contribution in [0.3, 0.4) is 0 Å². The summed E-state index contributed by atoms with van der Waals surface area (Å²) in [4.78, 5) is 16.9. The van der Waals surface area contributed by atoms with Gasteiger partial charge in [-0.1, -0.05) is 71.9 Å². The zero-order valence-corrected chi connectivity index (χ0v) is 18.3. The summed E-state index contributed by atoms with van der Waals surface area (Å²) in [5.74, 6) is 0.941. The van der Waals surface area contributed by atoms with Gasteiger partial charge in [-0.3, -0.25) is 4.79 Å². The maximum absolute atomic E-state index is 12.4. The molecule has 1 N–H and O–H groups in total. The lowest BCUT2D eigenvalue weighted by Crippen LogP contribution is -2.14. The van der Waals surface area contributed by atoms with E-state index in [0.29, 0.717) is 5.13 Å². The lowest BCUT2D eigenvalue weighted by molar-refractivity contribution is -0.113. The van der Waals surface area contributed by atoms with Crippen LogP contribution in [0.5, 0.6) is 0 Å². The second-order valence-electron chi connectivity index (χ2n) is 6.66. The zero-order valence-electron chi connectivity index (χ0n) is 16.7. The summed E-state index contributed by atoms with van der Waals surface area (Å²) < 4.78 is 2.03. The highest BCUT2D eigenvalue weighted by molar-refractivity contribution is 7.99. The molecular weight excluding hydrogens is 414 g/mol. The molecule has 152 valence electrons. The van der Waals surface area contributed by atoms with Crippen molar-refractivity contribution < 1.29 is 4.79 Å². The van der Waals surface area contributed by atoms with E-state index in [4.69, 9.17) is 0 Å². The van der Waals surface area contributed by atoms with Crippen molar-refractivity contribution in [3.63, 3.8) is 0 Å². The Morgan fingerprint density at radius 2 is 1.83 bits per heavy atom. The zero-order chi connectivity index (χ0) is 20.9. The van der Waals surface area contributed by atoms with Gasteiger partial charge in [-0.25, -0.2) is 4.98 Å². The van der Waals surface area contributed by atoms with Gasteiger partial charge in [-0.05, 0) is 13.8 Å². The maximum Gasteiger partial charge on any atom is 0.236 e. The number of thioether (sulfide) groups is 1. The lowest BCUT2D eigenvalue weighted by Gasteiger charge is -2.07. The van der Waals surface area contributed by atoms with Gasteiger partial charge in [0.05, 0.1) is 11.4 Å². The fraction of sp³-hybridized carbons (Fsp3) is 0.182. The molecule has 0 saturated carbocycles. The van der Waals surface area contributed by atoms with Crippen LogP contribution in [0, 0.1) is 6.92 Å². The van der Waals surface area contributed by atoms with Gasteiger partial charge in [0.2, 0.25) is 5.91 Å². The molecule has 2 heterocycles. The Bertz CT molecular complexity index is 1140. The highest BCUT2D eigenvalue weighted by Crippen LogP contribution is 2.26. The maximum atomic E-state index is 12.4. The number of hydrogen-bond acceptors (Lipinski definition) is 6. The Hall–Kier alpha value is -2.97. The molecule has 0 aliphatic carbocycles. The van der Waals surface area contributed by atoms with Crippen molar-refractivity contribution in [1.82, 2.24) is 19.7 Å². The molecule has 0 aliphatic rings. The Labute approximate surface area is 183 Å². The SMILES string of the molecule is CCn1c(SCC(=O)Nc2nc(-c3ccccc3)cs2)nnc1-c1ccc(C)cc1. The second kappa shape index (κ2) is 9.23. The Balaban J connectivity index is 1.40. The van der Waals surface area contributed by atoms with Crippen LogP contribution >= 0.6 is 23.1 Å². The van der Waals surface area contributed by atoms with E-state index < -0.39 is 0 Å². The molecule has 0 aliphatic heterocycles. The van der Waals surface area contributed by atoms with Gasteiger partial charge in [-0.15, -0.1) is 21.5 Å². The molecule has 0 saturated heterocycles. The van der Waals surface area contributed by atoms with Crippen LogP contribution < -0.4 is 5.32 Å². The van der Waals surface area contributed by atoms with Crippen molar-refractivity contribution in [3.8, 4) is 22.6 Å². The quantitative estimate of drug-likeness (QED) is 0.408. The number of rotatable bonds is 7. The minimum Gasteiger partial charge on any atom is -0.302 e. The number of amides is 1. The number of aryl methyl sites for hydroxylation is 1. The summed E-state index contributed by atoms with van der Waals surface area (Å²) in [5, 5.41) is 14.8. The molecule has 2 aromatic carbocycles. The van der Waals surface area contributed by atoms with E-state index in [1.807, 2.05) is 59.3 Å². The van der Waals surface area contributed by atoms with Crippen molar-refractivity contribution in [2.75, 3.05) is 11.1 Å². The second-order valence-corrected chi connectivity index (χ2v) is 8.46. The van der Waals surface area contributed by atoms with Crippen LogP contribution in [-0.4, -0.2) is 31.4 Å². The minimum atomic E-state index is -0.114. The van der Waals surface area contributed by atoms with E-state index in [2.05, 4.69) is 39.6 Å². The van der Waals surface area contributed by atoms with Gasteiger partial charge in [0.1, 0.15) is 0 Å². The van der Waals surface area contributed by atoms with E-state index in [1.165, 1.54) is 28.7 Å². The first-order chi connectivity index (χ1) is 14.6. The van der Waals surface area contributed by atoms with E-state index >= 15 is 0 Å². The third-order valence-corrected chi connectivity index (χ3v) is 6.22. The van der Waals surface area contributed by atoms with Crippen LogP contribution in [0.25, 0.3) is 22.6 Å². The topological polar surface area (TPSA) is 72.7 Å². The number of thiazole rings is 1. The van der Waals surface area contributed by atoms with Crippen LogP contribution in [0.4, 0.5) is 5.13 Å². The predicted octanol–water partition coefficient (Wildman–Crippen LogP) is 5.13. The fourth-order valence-electron chi connectivity index (χ4n) is 2.95. The van der Waals surface area contributed by atoms with Crippen LogP contribution in [0.15, 0.2) is 65.1 Å². The minimum absolute atomic E-state index is 0.114. The molecule has 0 atom stereocenters. The average molecular weight is 436 g/mol. The van der Waals surface area contributed by atoms with Gasteiger partial charge in [0.25, 0.3) is 0 Å². The van der Waals surface area contributed by atoms with Crippen LogP contribution in [0.2, 0.25) is 0 Å². The highest BCUT2D eigenvalue weighted by Gasteiger charge is 2.15. The summed E-state index contributed by atoms with van der Waals surface area (Å²) in [6, 6.07) is 18.1. The van der Waals surface area contributed by atoms with Gasteiger partial charge in [-0.2, -0.15) is 0 Å². The standard InChI is InChI=1S/C22H21N5OS2/c1-3-27-20(17-11-9-15(2)10-12-17)25-26-22(27)30-14-19(28)24-21-23-18(13-29-21)16-7-5-4-6-8-16/h4-13H,3,14H2,1-2H3,(H,23,24,28). The van der Waals surface area contributed by atoms with Crippen LogP contribution in [-0.2, 0) is 11.3 Å². The van der Waals surface area contributed by atoms with E-state index in [-0.39, 0.29) is 11.7 Å². The molecule has 0 radical (unpaired) electrons. The fourth-order valence-corrected chi connectivity index (χ4v) is 4.49. The van der Waals surface area contributed by atoms with Crippen LogP contribution in [0.1, 0.15) is 12.5 Å². The number of carbonyl (C=O) groups is 1. The summed E-state index contributed by atoms with van der Waals surface area (Å²) in [6.07, 6.45) is 0. The number of benzene rings is 2. The molecular formula is C22H21N5OS2. The normalized spacial score (nSPS) is 10.9. The summed E-state index contributed by atoms with van der Waals surface area (Å²) >= 11 is 2.79. The monoisotopic (exact) mass is 435 g/mol. The molecule has 0 bridgehead atoms. The molecule has 0 spiro atoms. The number of aromatic nitrogens is 4. The predicted molar refractivity (Wildman–Crippen MR) is 123 cm³/mol. The third-order valence-electron chi connectivity index (χ3n) is 4.50. The van der Waals surface area contributed by atoms with E-state index in [0.717, 1.165) is 34.3 Å². The molecule has 8 heteroatoms. The van der Waals surface area contributed by atoms with Crippen molar-refractivity contribution >= 4 is 34.1 Å². The summed E-state index contributed by atoms with van der Waals surface area (Å²) in [7, 11) is 0. The summed E-state index contributed by atoms with van der Waals surface area (Å²) in [5.41, 5.74) is 4.10. The molecule has 4 rings (SSSR count). The Morgan fingerprint density at radius 1 is 1.07 bits per heavy atom. The first-order valence-corrected chi connectivity index (χ1v) is 11.4. The van der Waals surface area contributed by atoms with E-state index in [1.54, 1.807) is 0 Å². The summed E-state index contributed by atoms with van der Waals surface area (Å²) in [6.45, 7) is 4.83. The molecule has 1 amide bonds. The van der Waals surface area contributed by atoms with Crippen molar-refractivity contribution in [3.05, 3.63) is 65.5 Å². The van der Waals surface area contributed by atoms with Crippen molar-refractivity contribution in [2.24, 2.45) is 0 Å². The molecule has 6 nitrogen and oxygen atoms in total. The van der Waals surface area contributed by atoms with Gasteiger partial charge in [0.15, 0.2) is 16.1 Å². The third kappa shape index (κ3) is 4.60. The van der Waals surface area contributed by atoms with Gasteiger partial charge < -0.3 is 9.88 Å². The number of carbonyl (C=O) groups excluding carboxylic acids is 1. The van der Waals surface area contributed by atoms with Gasteiger partial charge >= 0.3 is 0 Å². The first kappa shape index (κ1) is 20.3. The van der Waals surface area contributed by atoms with Crippen molar-refractivity contribution in [2.45, 2.75) is 25.5 Å². The lowest BCUT2D eigenvalue weighted by atomic mass is 10.1. The highest BCUT2D eigenvalue weighted by atomic mass is 32.2. The number of nitrogens with one attached hydrogen (secondary N) is 1. The average Bonchev–Trinajstić information content (AvgIpc) is 3.40. The van der Waals surface area contributed by atoms with Gasteiger partial charge in [0, 0.05) is 23.1 Å². The Kier molecular flexibility index (Phi) is 6.25.